The number of aromatic hydroxyl groups is 1. The molecule has 2 amide bonds. The quantitative estimate of drug-likeness (QED) is 0.206. The monoisotopic (exact) mass is 534 g/mol. The second-order valence-corrected chi connectivity index (χ2v) is 8.46. The Labute approximate surface area is 213 Å². The predicted molar refractivity (Wildman–Crippen MR) is 143 cm³/mol. The molecule has 0 atom stereocenters. The minimum Gasteiger partial charge on any atom is -0.507 e. The molecule has 0 aliphatic rings. The predicted octanol–water partition coefficient (Wildman–Crippen LogP) is 4.92. The second kappa shape index (κ2) is 12.5. The normalized spacial score (nSPS) is 11.3. The van der Waals surface area contributed by atoms with E-state index in [1.807, 2.05) is 30.3 Å². The van der Waals surface area contributed by atoms with E-state index in [1.165, 1.54) is 12.3 Å². The molecule has 0 aromatic heterocycles. The average Bonchev–Trinajstić information content (AvgIpc) is 2.87. The molecule has 0 aliphatic heterocycles. The molecule has 0 saturated heterocycles. The molecule has 180 valence electrons. The third-order valence-corrected chi connectivity index (χ3v) is 5.71. The largest absolute Gasteiger partial charge is 0.507 e. The Morgan fingerprint density at radius 1 is 1.00 bits per heavy atom. The number of hydrogen-bond acceptors (Lipinski definition) is 5. The van der Waals surface area contributed by atoms with Gasteiger partial charge in [-0.3, -0.25) is 9.59 Å². The standard InChI is InChI=1S/C27H27BrN4O3/c1-3-32(4-2)23-13-10-19(11-14-23)16-24(30-26(34)20-8-6-5-7-9-20)27(35)31-29-18-21-17-22(28)12-15-25(21)33/h5-18,33H,3-4H2,1-2H3,(H,30,34)(H,31,35)/b24-16-,29-18+. The molecular weight excluding hydrogens is 508 g/mol. The molecule has 3 aromatic carbocycles. The van der Waals surface area contributed by atoms with Gasteiger partial charge in [-0.25, -0.2) is 5.43 Å². The molecule has 3 aromatic rings. The lowest BCUT2D eigenvalue weighted by Gasteiger charge is -2.20. The Hall–Kier alpha value is -3.91. The highest BCUT2D eigenvalue weighted by atomic mass is 79.9. The molecule has 0 aliphatic carbocycles. The zero-order chi connectivity index (χ0) is 25.2. The van der Waals surface area contributed by atoms with Gasteiger partial charge in [0.25, 0.3) is 11.8 Å². The molecule has 0 spiro atoms. The molecule has 7 nitrogen and oxygen atoms in total. The van der Waals surface area contributed by atoms with E-state index in [0.29, 0.717) is 11.1 Å². The molecule has 3 N–H and O–H groups in total. The second-order valence-electron chi connectivity index (χ2n) is 7.54. The van der Waals surface area contributed by atoms with E-state index in [0.717, 1.165) is 28.8 Å². The Morgan fingerprint density at radius 3 is 2.34 bits per heavy atom. The van der Waals surface area contributed by atoms with Gasteiger partial charge in [0.15, 0.2) is 0 Å². The number of nitrogens with one attached hydrogen (secondary N) is 2. The fourth-order valence-electron chi connectivity index (χ4n) is 3.33. The number of anilines is 1. The van der Waals surface area contributed by atoms with Crippen LogP contribution in [0.5, 0.6) is 5.75 Å². The summed E-state index contributed by atoms with van der Waals surface area (Å²) in [5, 5.41) is 16.6. The van der Waals surface area contributed by atoms with Gasteiger partial charge in [0.05, 0.1) is 6.21 Å². The van der Waals surface area contributed by atoms with Crippen molar-refractivity contribution in [1.82, 2.24) is 10.7 Å². The first kappa shape index (κ1) is 25.7. The summed E-state index contributed by atoms with van der Waals surface area (Å²) in [6.07, 6.45) is 2.92. The highest BCUT2D eigenvalue weighted by molar-refractivity contribution is 9.10. The summed E-state index contributed by atoms with van der Waals surface area (Å²) < 4.78 is 0.756. The molecule has 0 saturated carbocycles. The van der Waals surface area contributed by atoms with Crippen molar-refractivity contribution in [3.63, 3.8) is 0 Å². The Kier molecular flexibility index (Phi) is 9.20. The number of amides is 2. The lowest BCUT2D eigenvalue weighted by molar-refractivity contribution is -0.117. The third kappa shape index (κ3) is 7.28. The number of benzene rings is 3. The Morgan fingerprint density at radius 2 is 1.69 bits per heavy atom. The van der Waals surface area contributed by atoms with Crippen LogP contribution in [0.2, 0.25) is 0 Å². The summed E-state index contributed by atoms with van der Waals surface area (Å²) in [5.41, 5.74) is 5.11. The van der Waals surface area contributed by atoms with E-state index in [1.54, 1.807) is 42.5 Å². The van der Waals surface area contributed by atoms with Gasteiger partial charge in [-0.1, -0.05) is 46.3 Å². The first-order valence-electron chi connectivity index (χ1n) is 11.2. The van der Waals surface area contributed by atoms with Crippen LogP contribution in [0.15, 0.2) is 88.1 Å². The van der Waals surface area contributed by atoms with Crippen LogP contribution in [0.25, 0.3) is 6.08 Å². The lowest BCUT2D eigenvalue weighted by atomic mass is 10.1. The summed E-state index contributed by atoms with van der Waals surface area (Å²) in [7, 11) is 0. The fourth-order valence-corrected chi connectivity index (χ4v) is 3.71. The van der Waals surface area contributed by atoms with Crippen LogP contribution >= 0.6 is 15.9 Å². The van der Waals surface area contributed by atoms with Crippen LogP contribution in [0.1, 0.15) is 35.3 Å². The fraction of sp³-hybridized carbons (Fsp3) is 0.148. The Bertz CT molecular complexity index is 1220. The molecule has 0 radical (unpaired) electrons. The smallest absolute Gasteiger partial charge is 0.287 e. The first-order valence-corrected chi connectivity index (χ1v) is 12.0. The molecular formula is C27H27BrN4O3. The molecule has 0 fully saturated rings. The van der Waals surface area contributed by atoms with Crippen molar-refractivity contribution in [2.45, 2.75) is 13.8 Å². The molecule has 8 heteroatoms. The lowest BCUT2D eigenvalue weighted by Crippen LogP contribution is -2.32. The maximum absolute atomic E-state index is 12.9. The number of hydrogen-bond donors (Lipinski definition) is 3. The number of nitrogens with zero attached hydrogens (tertiary/aromatic N) is 2. The van der Waals surface area contributed by atoms with E-state index >= 15 is 0 Å². The van der Waals surface area contributed by atoms with Gasteiger partial charge in [0.2, 0.25) is 0 Å². The van der Waals surface area contributed by atoms with Gasteiger partial charge >= 0.3 is 0 Å². The summed E-state index contributed by atoms with van der Waals surface area (Å²) >= 11 is 3.33. The van der Waals surface area contributed by atoms with Gasteiger partial charge in [0.1, 0.15) is 11.4 Å². The van der Waals surface area contributed by atoms with Crippen LogP contribution < -0.4 is 15.6 Å². The van der Waals surface area contributed by atoms with Crippen molar-refractivity contribution in [2.24, 2.45) is 5.10 Å². The Balaban J connectivity index is 1.84. The van der Waals surface area contributed by atoms with E-state index in [2.05, 4.69) is 50.5 Å². The molecule has 0 heterocycles. The number of phenols is 1. The van der Waals surface area contributed by atoms with Crippen LogP contribution in [-0.4, -0.2) is 36.2 Å². The zero-order valence-electron chi connectivity index (χ0n) is 19.5. The third-order valence-electron chi connectivity index (χ3n) is 5.22. The number of carbonyl (C=O) groups is 2. The van der Waals surface area contributed by atoms with E-state index < -0.39 is 11.8 Å². The summed E-state index contributed by atoms with van der Waals surface area (Å²) in [6.45, 7) is 5.95. The highest BCUT2D eigenvalue weighted by Gasteiger charge is 2.14. The molecule has 0 bridgehead atoms. The van der Waals surface area contributed by atoms with Crippen LogP contribution in [0.4, 0.5) is 5.69 Å². The number of phenolic OH excluding ortho intramolecular Hbond substituents is 1. The zero-order valence-corrected chi connectivity index (χ0v) is 21.1. The van der Waals surface area contributed by atoms with Crippen molar-refractivity contribution in [3.8, 4) is 5.75 Å². The highest BCUT2D eigenvalue weighted by Crippen LogP contribution is 2.20. The van der Waals surface area contributed by atoms with E-state index in [9.17, 15) is 14.7 Å². The van der Waals surface area contributed by atoms with Crippen LogP contribution in [-0.2, 0) is 4.79 Å². The van der Waals surface area contributed by atoms with Crippen molar-refractivity contribution >= 4 is 45.7 Å². The topological polar surface area (TPSA) is 94.0 Å². The molecule has 0 unspecified atom stereocenters. The molecule has 35 heavy (non-hydrogen) atoms. The molecule has 3 rings (SSSR count). The summed E-state index contributed by atoms with van der Waals surface area (Å²) in [5.74, 6) is -0.999. The van der Waals surface area contributed by atoms with Gasteiger partial charge in [-0.2, -0.15) is 5.10 Å². The number of halogens is 1. The maximum Gasteiger partial charge on any atom is 0.287 e. The van der Waals surface area contributed by atoms with Crippen LogP contribution in [0.3, 0.4) is 0 Å². The summed E-state index contributed by atoms with van der Waals surface area (Å²) in [6, 6.07) is 21.2. The van der Waals surface area contributed by atoms with E-state index in [4.69, 9.17) is 0 Å². The number of carbonyl (C=O) groups excluding carboxylic acids is 2. The van der Waals surface area contributed by atoms with Crippen molar-refractivity contribution < 1.29 is 14.7 Å². The average molecular weight is 535 g/mol. The van der Waals surface area contributed by atoms with Gasteiger partial charge in [-0.05, 0) is 68.0 Å². The maximum atomic E-state index is 12.9. The minimum atomic E-state index is -0.604. The van der Waals surface area contributed by atoms with E-state index in [-0.39, 0.29) is 11.4 Å². The minimum absolute atomic E-state index is 0.0210. The number of rotatable bonds is 9. The van der Waals surface area contributed by atoms with Crippen molar-refractivity contribution in [3.05, 3.63) is 99.7 Å². The van der Waals surface area contributed by atoms with Crippen molar-refractivity contribution in [2.75, 3.05) is 18.0 Å². The van der Waals surface area contributed by atoms with Crippen molar-refractivity contribution in [1.29, 1.82) is 0 Å². The number of hydrazone groups is 1. The van der Waals surface area contributed by atoms with Gasteiger partial charge in [0, 0.05) is 34.4 Å². The summed E-state index contributed by atoms with van der Waals surface area (Å²) in [4.78, 5) is 27.9. The van der Waals surface area contributed by atoms with Crippen LogP contribution in [0, 0.1) is 0 Å². The van der Waals surface area contributed by atoms with Gasteiger partial charge < -0.3 is 15.3 Å². The first-order chi connectivity index (χ1) is 16.9. The van der Waals surface area contributed by atoms with Gasteiger partial charge in [-0.15, -0.1) is 0 Å². The SMILES string of the molecule is CCN(CC)c1ccc(/C=C(\NC(=O)c2ccccc2)C(=O)N/N=C/c2cc(Br)ccc2O)cc1.